The first-order valence-electron chi connectivity index (χ1n) is 9.60. The molecule has 4 nitrogen and oxygen atoms in total. The molecule has 0 saturated carbocycles. The lowest BCUT2D eigenvalue weighted by Gasteiger charge is -2.19. The number of benzene rings is 2. The molecule has 1 N–H and O–H groups in total. The van der Waals surface area contributed by atoms with Crippen LogP contribution in [0.3, 0.4) is 0 Å². The van der Waals surface area contributed by atoms with Gasteiger partial charge < -0.3 is 10.1 Å². The van der Waals surface area contributed by atoms with Crippen LogP contribution in [0.2, 0.25) is 0 Å². The van der Waals surface area contributed by atoms with Crippen molar-refractivity contribution in [2.45, 2.75) is 32.7 Å². The van der Waals surface area contributed by atoms with Crippen LogP contribution in [0, 0.1) is 0 Å². The van der Waals surface area contributed by atoms with Crippen molar-refractivity contribution in [3.63, 3.8) is 0 Å². The molecule has 0 bridgehead atoms. The highest BCUT2D eigenvalue weighted by Crippen LogP contribution is 2.27. The molecular weight excluding hydrogens is 382 g/mol. The fraction of sp³-hybridized carbons (Fsp3) is 0.250. The Morgan fingerprint density at radius 2 is 1.72 bits per heavy atom. The summed E-state index contributed by atoms with van der Waals surface area (Å²) in [7, 11) is 0. The zero-order valence-corrected chi connectivity index (χ0v) is 17.7. The van der Waals surface area contributed by atoms with E-state index in [0.29, 0.717) is 17.2 Å². The third-order valence-corrected chi connectivity index (χ3v) is 5.62. The molecule has 3 rings (SSSR count). The van der Waals surface area contributed by atoms with E-state index in [2.05, 4.69) is 43.4 Å². The predicted molar refractivity (Wildman–Crippen MR) is 117 cm³/mol. The summed E-state index contributed by atoms with van der Waals surface area (Å²) in [6.07, 6.45) is 0. The van der Waals surface area contributed by atoms with Gasteiger partial charge in [0.15, 0.2) is 12.4 Å². The highest BCUT2D eigenvalue weighted by atomic mass is 32.1. The number of rotatable bonds is 8. The number of hydrogen-bond donors (Lipinski definition) is 1. The normalized spacial score (nSPS) is 11.9. The molecule has 0 spiro atoms. The summed E-state index contributed by atoms with van der Waals surface area (Å²) < 4.78 is 5.60. The van der Waals surface area contributed by atoms with E-state index in [9.17, 15) is 9.59 Å². The van der Waals surface area contributed by atoms with Crippen molar-refractivity contribution in [3.05, 3.63) is 87.6 Å². The second-order valence-electron chi connectivity index (χ2n) is 7.21. The van der Waals surface area contributed by atoms with Crippen LogP contribution in [0.1, 0.15) is 59.1 Å². The monoisotopic (exact) mass is 407 g/mol. The van der Waals surface area contributed by atoms with Crippen LogP contribution >= 0.6 is 11.3 Å². The van der Waals surface area contributed by atoms with Gasteiger partial charge in [0.2, 0.25) is 0 Å². The maximum atomic E-state index is 12.6. The summed E-state index contributed by atoms with van der Waals surface area (Å²) in [6.45, 7) is 5.70. The predicted octanol–water partition coefficient (Wildman–Crippen LogP) is 5.36. The Balaban J connectivity index is 1.70. The summed E-state index contributed by atoms with van der Waals surface area (Å²) in [5.41, 5.74) is 2.85. The molecule has 1 unspecified atom stereocenters. The average molecular weight is 408 g/mol. The van der Waals surface area contributed by atoms with Gasteiger partial charge in [-0.05, 0) is 47.5 Å². The van der Waals surface area contributed by atoms with Crippen LogP contribution in [-0.4, -0.2) is 18.3 Å². The topological polar surface area (TPSA) is 55.4 Å². The maximum Gasteiger partial charge on any atom is 0.258 e. The molecule has 1 aromatic heterocycles. The minimum Gasteiger partial charge on any atom is -0.484 e. The zero-order chi connectivity index (χ0) is 20.8. The largest absolute Gasteiger partial charge is 0.484 e. The Bertz CT molecular complexity index is 962. The molecule has 3 aromatic rings. The Morgan fingerprint density at radius 1 is 1.00 bits per heavy atom. The van der Waals surface area contributed by atoms with E-state index in [1.165, 1.54) is 12.5 Å². The first kappa shape index (κ1) is 20.8. The lowest BCUT2D eigenvalue weighted by atomic mass is 9.98. The van der Waals surface area contributed by atoms with Gasteiger partial charge in [0.1, 0.15) is 5.75 Å². The van der Waals surface area contributed by atoms with Gasteiger partial charge >= 0.3 is 0 Å². The number of ether oxygens (including phenoxy) is 1. The fourth-order valence-electron chi connectivity index (χ4n) is 3.00. The second-order valence-corrected chi connectivity index (χ2v) is 8.19. The molecule has 5 heteroatoms. The molecule has 150 valence electrons. The van der Waals surface area contributed by atoms with E-state index in [4.69, 9.17) is 4.74 Å². The first-order chi connectivity index (χ1) is 13.9. The number of thiophene rings is 1. The Labute approximate surface area is 175 Å². The third-order valence-electron chi connectivity index (χ3n) is 4.68. The van der Waals surface area contributed by atoms with Crippen molar-refractivity contribution >= 4 is 23.0 Å². The molecule has 1 amide bonds. The second kappa shape index (κ2) is 9.52. The minimum atomic E-state index is -0.226. The van der Waals surface area contributed by atoms with Crippen LogP contribution in [-0.2, 0) is 4.79 Å². The molecule has 0 radical (unpaired) electrons. The number of amides is 1. The lowest BCUT2D eigenvalue weighted by molar-refractivity contribution is -0.123. The number of nitrogens with one attached hydrogen (secondary N) is 1. The van der Waals surface area contributed by atoms with Gasteiger partial charge in [-0.1, -0.05) is 56.3 Å². The fourth-order valence-corrected chi connectivity index (χ4v) is 3.81. The molecule has 29 heavy (non-hydrogen) atoms. The van der Waals surface area contributed by atoms with Crippen molar-refractivity contribution in [1.29, 1.82) is 0 Å². The Hall–Kier alpha value is -2.92. The molecule has 1 atom stereocenters. The summed E-state index contributed by atoms with van der Waals surface area (Å²) in [5.74, 6) is 0.701. The van der Waals surface area contributed by atoms with Gasteiger partial charge in [-0.2, -0.15) is 0 Å². The average Bonchev–Trinajstić information content (AvgIpc) is 3.25. The van der Waals surface area contributed by atoms with Crippen molar-refractivity contribution in [2.24, 2.45) is 0 Å². The molecular formula is C24H25NO3S. The summed E-state index contributed by atoms with van der Waals surface area (Å²) in [4.78, 5) is 25.2. The van der Waals surface area contributed by atoms with Crippen LogP contribution in [0.5, 0.6) is 5.75 Å². The molecule has 0 aliphatic heterocycles. The number of carbonyl (C=O) groups is 2. The van der Waals surface area contributed by atoms with Crippen LogP contribution in [0.15, 0.2) is 66.0 Å². The van der Waals surface area contributed by atoms with E-state index in [-0.39, 0.29) is 24.3 Å². The molecule has 1 heterocycles. The molecule has 0 saturated heterocycles. The van der Waals surface area contributed by atoms with E-state index in [0.717, 1.165) is 10.4 Å². The summed E-state index contributed by atoms with van der Waals surface area (Å²) in [5, 5.41) is 5.07. The van der Waals surface area contributed by atoms with Gasteiger partial charge in [-0.15, -0.1) is 11.3 Å². The van der Waals surface area contributed by atoms with Gasteiger partial charge in [0.05, 0.1) is 6.04 Å². The molecule has 0 fully saturated rings. The third kappa shape index (κ3) is 5.55. The lowest BCUT2D eigenvalue weighted by Crippen LogP contribution is -2.32. The number of carbonyl (C=O) groups excluding carboxylic acids is 2. The van der Waals surface area contributed by atoms with Gasteiger partial charge in [0.25, 0.3) is 5.91 Å². The Kier molecular flexibility index (Phi) is 6.83. The van der Waals surface area contributed by atoms with Crippen molar-refractivity contribution in [3.8, 4) is 5.75 Å². The number of Topliss-reactive ketones (excluding diaryl/α,β-unsaturated/α-hetero) is 1. The van der Waals surface area contributed by atoms with E-state index in [1.54, 1.807) is 35.6 Å². The maximum absolute atomic E-state index is 12.6. The van der Waals surface area contributed by atoms with Crippen molar-refractivity contribution < 1.29 is 14.3 Å². The molecule has 0 aliphatic carbocycles. The van der Waals surface area contributed by atoms with Gasteiger partial charge in [0, 0.05) is 10.4 Å². The van der Waals surface area contributed by atoms with E-state index >= 15 is 0 Å². The highest BCUT2D eigenvalue weighted by molar-refractivity contribution is 7.10. The van der Waals surface area contributed by atoms with Crippen LogP contribution in [0.4, 0.5) is 0 Å². The number of hydrogen-bond acceptors (Lipinski definition) is 4. The number of ketones is 1. The minimum absolute atomic E-state index is 0.0393. The van der Waals surface area contributed by atoms with Crippen LogP contribution in [0.25, 0.3) is 0 Å². The Morgan fingerprint density at radius 3 is 2.34 bits per heavy atom. The smallest absolute Gasteiger partial charge is 0.258 e. The molecule has 0 aliphatic rings. The zero-order valence-electron chi connectivity index (χ0n) is 16.8. The van der Waals surface area contributed by atoms with Crippen LogP contribution < -0.4 is 10.1 Å². The summed E-state index contributed by atoms with van der Waals surface area (Å²) in [6, 6.07) is 19.0. The summed E-state index contributed by atoms with van der Waals surface area (Å²) >= 11 is 1.60. The SMILES string of the molecule is CC(=O)c1cccc(OCC(=O)NC(c2ccc(C(C)C)cc2)c2cccs2)c1. The van der Waals surface area contributed by atoms with Gasteiger partial charge in [-0.3, -0.25) is 9.59 Å². The standard InChI is InChI=1S/C24H25NO3S/c1-16(2)18-9-11-19(12-10-18)24(22-8-5-13-29-22)25-23(27)15-28-21-7-4-6-20(14-21)17(3)26/h4-14,16,24H,15H2,1-3H3,(H,25,27). The van der Waals surface area contributed by atoms with Crippen molar-refractivity contribution in [2.75, 3.05) is 6.61 Å². The quantitative estimate of drug-likeness (QED) is 0.512. The first-order valence-corrected chi connectivity index (χ1v) is 10.5. The van der Waals surface area contributed by atoms with E-state index < -0.39 is 0 Å². The van der Waals surface area contributed by atoms with E-state index in [1.807, 2.05) is 17.5 Å². The molecule has 2 aromatic carbocycles. The van der Waals surface area contributed by atoms with Gasteiger partial charge in [-0.25, -0.2) is 0 Å². The highest BCUT2D eigenvalue weighted by Gasteiger charge is 2.18. The van der Waals surface area contributed by atoms with Crippen molar-refractivity contribution in [1.82, 2.24) is 5.32 Å².